The van der Waals surface area contributed by atoms with Gasteiger partial charge in [-0.05, 0) is 28.6 Å². The monoisotopic (exact) mass is 305 g/mol. The molecule has 0 fully saturated rings. The molecule has 6 nitrogen and oxygen atoms in total. The van der Waals surface area contributed by atoms with Gasteiger partial charge >= 0.3 is 6.18 Å². The molecule has 2 aromatic rings. The van der Waals surface area contributed by atoms with Crippen molar-refractivity contribution in [2.75, 3.05) is 18.9 Å². The summed E-state index contributed by atoms with van der Waals surface area (Å²) in [5, 5.41) is 10.6. The van der Waals surface area contributed by atoms with Crippen LogP contribution in [0.5, 0.6) is 0 Å². The molecule has 0 atom stereocenters. The van der Waals surface area contributed by atoms with Gasteiger partial charge in [0, 0.05) is 5.69 Å². The number of halogens is 4. The Labute approximate surface area is 116 Å². The van der Waals surface area contributed by atoms with Gasteiger partial charge in [0.1, 0.15) is 12.4 Å². The number of nitrogens with zero attached hydrogens (tertiary/aromatic N) is 4. The van der Waals surface area contributed by atoms with Gasteiger partial charge in [0.2, 0.25) is 0 Å². The number of hydrogen-bond acceptors (Lipinski definition) is 5. The lowest BCUT2D eigenvalue weighted by atomic mass is 10.2. The highest BCUT2D eigenvalue weighted by molar-refractivity contribution is 5.61. The molecular weight excluding hydrogens is 294 g/mol. The summed E-state index contributed by atoms with van der Waals surface area (Å²) in [4.78, 5) is 0. The summed E-state index contributed by atoms with van der Waals surface area (Å²) in [6.45, 7) is -1.68. The molecule has 1 aromatic carbocycles. The lowest BCUT2D eigenvalue weighted by Crippen LogP contribution is -2.19. The molecule has 0 unspecified atom stereocenters. The number of ether oxygens (including phenoxy) is 1. The van der Waals surface area contributed by atoms with E-state index >= 15 is 0 Å². The lowest BCUT2D eigenvalue weighted by Gasteiger charge is -2.09. The number of hydrogen-bond donors (Lipinski definition) is 1. The Morgan fingerprint density at radius 3 is 2.76 bits per heavy atom. The Bertz CT molecular complexity index is 613. The van der Waals surface area contributed by atoms with Gasteiger partial charge in [0.25, 0.3) is 0 Å². The highest BCUT2D eigenvalue weighted by Crippen LogP contribution is 2.22. The molecule has 0 spiro atoms. The third-order valence-corrected chi connectivity index (χ3v) is 2.48. The fourth-order valence-electron chi connectivity index (χ4n) is 1.60. The zero-order valence-electron chi connectivity index (χ0n) is 10.6. The van der Waals surface area contributed by atoms with E-state index < -0.39 is 18.6 Å². The van der Waals surface area contributed by atoms with Crippen molar-refractivity contribution >= 4 is 5.69 Å². The van der Waals surface area contributed by atoms with E-state index in [-0.39, 0.29) is 24.5 Å². The largest absolute Gasteiger partial charge is 0.411 e. The van der Waals surface area contributed by atoms with E-state index in [1.54, 1.807) is 0 Å². The van der Waals surface area contributed by atoms with Crippen LogP contribution in [0.1, 0.15) is 0 Å². The molecule has 114 valence electrons. The van der Waals surface area contributed by atoms with E-state index in [0.717, 1.165) is 10.7 Å². The van der Waals surface area contributed by atoms with Crippen LogP contribution in [0.25, 0.3) is 11.4 Å². The smallest absolute Gasteiger partial charge is 0.399 e. The van der Waals surface area contributed by atoms with Gasteiger partial charge in [-0.1, -0.05) is 0 Å². The molecule has 0 aliphatic carbocycles. The summed E-state index contributed by atoms with van der Waals surface area (Å²) in [6, 6.07) is 3.87. The maximum Gasteiger partial charge on any atom is 0.411 e. The molecular formula is C11H11F4N5O. The fraction of sp³-hybridized carbons (Fsp3) is 0.364. The van der Waals surface area contributed by atoms with Crippen LogP contribution in [0.2, 0.25) is 0 Å². The average Bonchev–Trinajstić information content (AvgIpc) is 2.85. The van der Waals surface area contributed by atoms with E-state index in [2.05, 4.69) is 20.3 Å². The van der Waals surface area contributed by atoms with Crippen LogP contribution >= 0.6 is 0 Å². The minimum Gasteiger partial charge on any atom is -0.399 e. The Morgan fingerprint density at radius 1 is 1.29 bits per heavy atom. The van der Waals surface area contributed by atoms with Crippen molar-refractivity contribution in [1.29, 1.82) is 0 Å². The van der Waals surface area contributed by atoms with Gasteiger partial charge in [-0.15, -0.1) is 5.10 Å². The number of benzene rings is 1. The van der Waals surface area contributed by atoms with Crippen LogP contribution in [0.15, 0.2) is 18.2 Å². The second-order valence-electron chi connectivity index (χ2n) is 4.13. The number of aromatic nitrogens is 4. The Balaban J connectivity index is 2.07. The zero-order chi connectivity index (χ0) is 15.5. The number of alkyl halides is 3. The van der Waals surface area contributed by atoms with Crippen molar-refractivity contribution in [3.05, 3.63) is 24.0 Å². The molecule has 0 aliphatic heterocycles. The Morgan fingerprint density at radius 2 is 2.05 bits per heavy atom. The molecule has 0 aliphatic rings. The molecule has 0 bridgehead atoms. The molecule has 10 heteroatoms. The van der Waals surface area contributed by atoms with Gasteiger partial charge in [-0.25, -0.2) is 9.07 Å². The predicted molar refractivity (Wildman–Crippen MR) is 64.5 cm³/mol. The molecule has 2 rings (SSSR count). The zero-order valence-corrected chi connectivity index (χ0v) is 10.6. The van der Waals surface area contributed by atoms with Crippen molar-refractivity contribution in [1.82, 2.24) is 20.2 Å². The van der Waals surface area contributed by atoms with E-state index in [0.29, 0.717) is 5.69 Å². The maximum absolute atomic E-state index is 13.7. The van der Waals surface area contributed by atoms with Crippen molar-refractivity contribution in [3.63, 3.8) is 0 Å². The first kappa shape index (κ1) is 15.2. The SMILES string of the molecule is Nc1ccc(F)c(-c2nnnn2CCOCC(F)(F)F)c1. The first-order chi connectivity index (χ1) is 9.87. The van der Waals surface area contributed by atoms with Crippen LogP contribution < -0.4 is 5.73 Å². The third kappa shape index (κ3) is 4.12. The summed E-state index contributed by atoms with van der Waals surface area (Å²) in [7, 11) is 0. The highest BCUT2D eigenvalue weighted by Gasteiger charge is 2.27. The number of tetrazole rings is 1. The van der Waals surface area contributed by atoms with Crippen LogP contribution in [0.4, 0.5) is 23.2 Å². The lowest BCUT2D eigenvalue weighted by molar-refractivity contribution is -0.174. The van der Waals surface area contributed by atoms with E-state index in [1.807, 2.05) is 0 Å². The first-order valence-electron chi connectivity index (χ1n) is 5.83. The van der Waals surface area contributed by atoms with Crippen LogP contribution in [0, 0.1) is 5.82 Å². The minimum atomic E-state index is -4.40. The van der Waals surface area contributed by atoms with Gasteiger partial charge in [-0.2, -0.15) is 13.2 Å². The molecule has 2 N–H and O–H groups in total. The van der Waals surface area contributed by atoms with E-state index in [4.69, 9.17) is 5.73 Å². The van der Waals surface area contributed by atoms with Crippen LogP contribution in [0.3, 0.4) is 0 Å². The summed E-state index contributed by atoms with van der Waals surface area (Å²) in [5.41, 5.74) is 5.94. The van der Waals surface area contributed by atoms with Gasteiger partial charge < -0.3 is 10.5 Å². The highest BCUT2D eigenvalue weighted by atomic mass is 19.4. The fourth-order valence-corrected chi connectivity index (χ4v) is 1.60. The summed E-state index contributed by atoms with van der Waals surface area (Å²) in [5.74, 6) is -0.521. The summed E-state index contributed by atoms with van der Waals surface area (Å²) in [6.07, 6.45) is -4.40. The molecule has 1 aromatic heterocycles. The standard InChI is InChI=1S/C11H11F4N5O/c12-9-2-1-7(16)5-8(9)10-17-18-19-20(10)3-4-21-6-11(13,14)15/h1-2,5H,3-4,6,16H2. The average molecular weight is 305 g/mol. The van der Waals surface area contributed by atoms with Gasteiger partial charge in [0.15, 0.2) is 5.82 Å². The maximum atomic E-state index is 13.7. The molecule has 0 amide bonds. The van der Waals surface area contributed by atoms with Crippen molar-refractivity contribution in [2.45, 2.75) is 12.7 Å². The van der Waals surface area contributed by atoms with E-state index in [9.17, 15) is 17.6 Å². The topological polar surface area (TPSA) is 78.9 Å². The van der Waals surface area contributed by atoms with Gasteiger partial charge in [0.05, 0.1) is 18.7 Å². The molecule has 1 heterocycles. The van der Waals surface area contributed by atoms with Gasteiger partial charge in [-0.3, -0.25) is 0 Å². The summed E-state index contributed by atoms with van der Waals surface area (Å²) < 4.78 is 55.1. The minimum absolute atomic E-state index is 0.0490. The Hall–Kier alpha value is -2.23. The van der Waals surface area contributed by atoms with E-state index in [1.165, 1.54) is 12.1 Å². The molecule has 21 heavy (non-hydrogen) atoms. The predicted octanol–water partition coefficient (Wildman–Crippen LogP) is 1.64. The van der Waals surface area contributed by atoms with Crippen molar-refractivity contribution in [3.8, 4) is 11.4 Å². The number of nitrogen functional groups attached to an aromatic ring is 1. The van der Waals surface area contributed by atoms with Crippen molar-refractivity contribution < 1.29 is 22.3 Å². The Kier molecular flexibility index (Phi) is 4.36. The molecule has 0 radical (unpaired) electrons. The van der Waals surface area contributed by atoms with Crippen LogP contribution in [-0.2, 0) is 11.3 Å². The second kappa shape index (κ2) is 6.04. The first-order valence-corrected chi connectivity index (χ1v) is 5.83. The number of anilines is 1. The summed E-state index contributed by atoms with van der Waals surface area (Å²) >= 11 is 0. The number of rotatable bonds is 5. The van der Waals surface area contributed by atoms with Crippen LogP contribution in [-0.4, -0.2) is 39.6 Å². The number of nitrogens with two attached hydrogens (primary N) is 1. The second-order valence-corrected chi connectivity index (χ2v) is 4.13. The molecule has 0 saturated heterocycles. The third-order valence-electron chi connectivity index (χ3n) is 2.48. The quantitative estimate of drug-likeness (QED) is 0.516. The normalized spacial score (nSPS) is 11.8. The van der Waals surface area contributed by atoms with Crippen molar-refractivity contribution in [2.24, 2.45) is 0 Å². The molecule has 0 saturated carbocycles.